The lowest BCUT2D eigenvalue weighted by molar-refractivity contribution is -0.193. The number of hydrogen-bond acceptors (Lipinski definition) is 5. The molecule has 2 rings (SSSR count). The standard InChI is InChI=1S/C27H36O5/c1-6-8-13-21(3)17-30-25-24(20-29-19-23-15-11-10-12-16-23)32-26(28)27(25,5)31-18-22(4)14-9-7-2/h6-16,24-26,28H,2,4,17-20H2,1,3,5H3. The van der Waals surface area contributed by atoms with E-state index < -0.39 is 24.1 Å². The van der Waals surface area contributed by atoms with Crippen molar-refractivity contribution >= 4 is 0 Å². The van der Waals surface area contributed by atoms with E-state index in [0.717, 1.165) is 16.7 Å². The van der Waals surface area contributed by atoms with Gasteiger partial charge < -0.3 is 24.1 Å². The topological polar surface area (TPSA) is 57.2 Å². The zero-order chi connectivity index (χ0) is 23.4. The lowest BCUT2D eigenvalue weighted by atomic mass is 9.96. The summed E-state index contributed by atoms with van der Waals surface area (Å²) in [6, 6.07) is 9.92. The maximum absolute atomic E-state index is 10.7. The molecule has 1 aromatic carbocycles. The number of hydrogen-bond donors (Lipinski definition) is 1. The average molecular weight is 441 g/mol. The van der Waals surface area contributed by atoms with E-state index in [2.05, 4.69) is 13.2 Å². The Morgan fingerprint density at radius 1 is 1.22 bits per heavy atom. The fourth-order valence-corrected chi connectivity index (χ4v) is 3.33. The van der Waals surface area contributed by atoms with Crippen LogP contribution in [-0.4, -0.2) is 49.0 Å². The Bertz CT molecular complexity index is 811. The summed E-state index contributed by atoms with van der Waals surface area (Å²) in [6.45, 7) is 14.7. The van der Waals surface area contributed by atoms with Gasteiger partial charge in [0.2, 0.25) is 0 Å². The minimum Gasteiger partial charge on any atom is -0.374 e. The van der Waals surface area contributed by atoms with Crippen LogP contribution in [0.1, 0.15) is 26.3 Å². The molecule has 1 N–H and O–H groups in total. The van der Waals surface area contributed by atoms with Crippen molar-refractivity contribution in [3.8, 4) is 0 Å². The molecule has 4 unspecified atom stereocenters. The lowest BCUT2D eigenvalue weighted by Crippen LogP contribution is -2.50. The van der Waals surface area contributed by atoms with Crippen LogP contribution < -0.4 is 0 Å². The minimum absolute atomic E-state index is 0.228. The number of ether oxygens (including phenoxy) is 4. The predicted octanol–water partition coefficient (Wildman–Crippen LogP) is 4.90. The van der Waals surface area contributed by atoms with Crippen LogP contribution in [0.3, 0.4) is 0 Å². The van der Waals surface area contributed by atoms with E-state index >= 15 is 0 Å². The van der Waals surface area contributed by atoms with Gasteiger partial charge >= 0.3 is 0 Å². The van der Waals surface area contributed by atoms with Gasteiger partial charge in [-0.3, -0.25) is 0 Å². The monoisotopic (exact) mass is 440 g/mol. The molecular weight excluding hydrogens is 404 g/mol. The second-order valence-electron chi connectivity index (χ2n) is 8.02. The van der Waals surface area contributed by atoms with E-state index in [4.69, 9.17) is 18.9 Å². The second-order valence-corrected chi connectivity index (χ2v) is 8.02. The molecule has 4 atom stereocenters. The summed E-state index contributed by atoms with van der Waals surface area (Å²) in [5.74, 6) is 0. The summed E-state index contributed by atoms with van der Waals surface area (Å²) >= 11 is 0. The molecule has 1 aromatic rings. The van der Waals surface area contributed by atoms with Gasteiger partial charge in [0.15, 0.2) is 6.29 Å². The normalized spacial score (nSPS) is 26.2. The third-order valence-corrected chi connectivity index (χ3v) is 5.19. The number of allylic oxidation sites excluding steroid dienone is 5. The van der Waals surface area contributed by atoms with Gasteiger partial charge in [0, 0.05) is 0 Å². The van der Waals surface area contributed by atoms with E-state index in [9.17, 15) is 5.11 Å². The molecule has 1 heterocycles. The first-order chi connectivity index (χ1) is 15.4. The molecular formula is C27H36O5. The van der Waals surface area contributed by atoms with Gasteiger partial charge in [-0.15, -0.1) is 0 Å². The number of benzene rings is 1. The van der Waals surface area contributed by atoms with Crippen molar-refractivity contribution in [3.05, 3.63) is 96.7 Å². The van der Waals surface area contributed by atoms with Crippen molar-refractivity contribution in [1.82, 2.24) is 0 Å². The van der Waals surface area contributed by atoms with Crippen LogP contribution in [0.4, 0.5) is 0 Å². The molecule has 5 nitrogen and oxygen atoms in total. The summed E-state index contributed by atoms with van der Waals surface area (Å²) in [5.41, 5.74) is 1.80. The van der Waals surface area contributed by atoms with E-state index in [1.165, 1.54) is 0 Å². The Hall–Kier alpha value is -2.28. The van der Waals surface area contributed by atoms with Crippen LogP contribution in [0.2, 0.25) is 0 Å². The van der Waals surface area contributed by atoms with Gasteiger partial charge in [-0.05, 0) is 37.5 Å². The Labute approximate surface area is 192 Å². The van der Waals surface area contributed by atoms with Crippen molar-refractivity contribution in [3.63, 3.8) is 0 Å². The molecule has 0 amide bonds. The van der Waals surface area contributed by atoms with Crippen LogP contribution in [0, 0.1) is 0 Å². The maximum Gasteiger partial charge on any atom is 0.187 e. The molecule has 0 radical (unpaired) electrons. The van der Waals surface area contributed by atoms with Gasteiger partial charge in [-0.25, -0.2) is 0 Å². The third kappa shape index (κ3) is 7.69. The number of aliphatic hydroxyl groups is 1. The van der Waals surface area contributed by atoms with Crippen molar-refractivity contribution < 1.29 is 24.1 Å². The number of rotatable bonds is 13. The highest BCUT2D eigenvalue weighted by molar-refractivity contribution is 5.19. The molecule has 0 aliphatic carbocycles. The van der Waals surface area contributed by atoms with E-state index in [-0.39, 0.29) is 13.2 Å². The summed E-state index contributed by atoms with van der Waals surface area (Å²) < 4.78 is 24.1. The molecule has 32 heavy (non-hydrogen) atoms. The third-order valence-electron chi connectivity index (χ3n) is 5.19. The van der Waals surface area contributed by atoms with Crippen molar-refractivity contribution in [2.45, 2.75) is 51.5 Å². The van der Waals surface area contributed by atoms with E-state index in [0.29, 0.717) is 13.2 Å². The first kappa shape index (κ1) is 26.0. The first-order valence-electron chi connectivity index (χ1n) is 10.9. The van der Waals surface area contributed by atoms with Crippen LogP contribution in [-0.2, 0) is 25.6 Å². The molecule has 1 saturated heterocycles. The summed E-state index contributed by atoms with van der Waals surface area (Å²) in [4.78, 5) is 0. The summed E-state index contributed by atoms with van der Waals surface area (Å²) in [7, 11) is 0. The summed E-state index contributed by atoms with van der Waals surface area (Å²) in [6.07, 6.45) is 9.03. The average Bonchev–Trinajstić information content (AvgIpc) is 3.03. The van der Waals surface area contributed by atoms with E-state index in [1.54, 1.807) is 19.1 Å². The Morgan fingerprint density at radius 2 is 1.97 bits per heavy atom. The SMILES string of the molecule is C=CC=CC(=C)COC1(C)C(O)OC(COCc2ccccc2)C1OCC(C)=CC=CC. The van der Waals surface area contributed by atoms with Gasteiger partial charge in [0.1, 0.15) is 17.8 Å². The second kappa shape index (κ2) is 13.3. The van der Waals surface area contributed by atoms with E-state index in [1.807, 2.05) is 68.5 Å². The first-order valence-corrected chi connectivity index (χ1v) is 10.9. The highest BCUT2D eigenvalue weighted by Crippen LogP contribution is 2.36. The highest BCUT2D eigenvalue weighted by atomic mass is 16.7. The van der Waals surface area contributed by atoms with Crippen molar-refractivity contribution in [2.24, 2.45) is 0 Å². The maximum atomic E-state index is 10.7. The molecule has 174 valence electrons. The zero-order valence-electron chi connectivity index (χ0n) is 19.4. The van der Waals surface area contributed by atoms with Crippen LogP contribution >= 0.6 is 0 Å². The number of aliphatic hydroxyl groups excluding tert-OH is 1. The fraction of sp³-hybridized carbons (Fsp3) is 0.407. The molecule has 1 aliphatic heterocycles. The van der Waals surface area contributed by atoms with Gasteiger partial charge in [-0.1, -0.05) is 79.9 Å². The molecule has 0 saturated carbocycles. The largest absolute Gasteiger partial charge is 0.374 e. The van der Waals surface area contributed by atoms with Gasteiger partial charge in [-0.2, -0.15) is 0 Å². The highest BCUT2D eigenvalue weighted by Gasteiger charge is 2.55. The van der Waals surface area contributed by atoms with Gasteiger partial charge in [0.25, 0.3) is 0 Å². The predicted molar refractivity (Wildman–Crippen MR) is 128 cm³/mol. The molecule has 0 aromatic heterocycles. The van der Waals surface area contributed by atoms with Crippen LogP contribution in [0.25, 0.3) is 0 Å². The Morgan fingerprint density at radius 3 is 2.66 bits per heavy atom. The quantitative estimate of drug-likeness (QED) is 0.442. The molecule has 1 aliphatic rings. The van der Waals surface area contributed by atoms with Gasteiger partial charge in [0.05, 0.1) is 26.4 Å². The molecule has 0 bridgehead atoms. The van der Waals surface area contributed by atoms with Crippen LogP contribution in [0.5, 0.6) is 0 Å². The minimum atomic E-state index is -1.16. The smallest absolute Gasteiger partial charge is 0.187 e. The molecule has 1 fully saturated rings. The van der Waals surface area contributed by atoms with Crippen molar-refractivity contribution in [1.29, 1.82) is 0 Å². The summed E-state index contributed by atoms with van der Waals surface area (Å²) in [5, 5.41) is 10.7. The Balaban J connectivity index is 2.09. The Kier molecular flexibility index (Phi) is 10.8. The molecule has 5 heteroatoms. The van der Waals surface area contributed by atoms with Crippen LogP contribution in [0.15, 0.2) is 91.1 Å². The lowest BCUT2D eigenvalue weighted by Gasteiger charge is -2.33. The fourth-order valence-electron chi connectivity index (χ4n) is 3.33. The molecule has 0 spiro atoms. The van der Waals surface area contributed by atoms with Crippen molar-refractivity contribution in [2.75, 3.05) is 19.8 Å². The zero-order valence-corrected chi connectivity index (χ0v) is 19.4.